The first-order chi connectivity index (χ1) is 16.6. The maximum absolute atomic E-state index is 13.4. The molecule has 1 fully saturated rings. The van der Waals surface area contributed by atoms with Crippen LogP contribution in [0.5, 0.6) is 17.2 Å². The molecule has 1 aliphatic rings. The van der Waals surface area contributed by atoms with Crippen molar-refractivity contribution in [2.24, 2.45) is 0 Å². The number of carbonyl (C=O) groups excluding carboxylic acids is 2. The summed E-state index contributed by atoms with van der Waals surface area (Å²) in [6.07, 6.45) is 0. The molecule has 1 aliphatic heterocycles. The summed E-state index contributed by atoms with van der Waals surface area (Å²) in [7, 11) is 4.41. The van der Waals surface area contributed by atoms with E-state index in [1.807, 2.05) is 13.8 Å². The van der Waals surface area contributed by atoms with Crippen LogP contribution in [0.15, 0.2) is 28.3 Å². The number of nitrogens with zero attached hydrogens (tertiary/aromatic N) is 2. The number of hydrogen-bond donors (Lipinski definition) is 2. The number of ether oxygens (including phenoxy) is 3. The maximum atomic E-state index is 13.4. The zero-order chi connectivity index (χ0) is 25.6. The van der Waals surface area contributed by atoms with Gasteiger partial charge < -0.3 is 28.8 Å². The summed E-state index contributed by atoms with van der Waals surface area (Å²) in [4.78, 5) is 31.1. The lowest BCUT2D eigenvalue weighted by Gasteiger charge is -2.24. The standard InChI is InChI=1S/C25H27N3O7/c1-11-8-18(27-35-11)28-21(15-9-16(32-5)24(34-7)17(10-15)33-6)20(23(30)25(28)31)22(29)19-12(2)13(3)26-14(19)4/h8-10,21,26,29H,1-7H3/b22-20+. The average Bonchev–Trinajstić information content (AvgIpc) is 3.45. The molecular formula is C25H27N3O7. The van der Waals surface area contributed by atoms with Gasteiger partial charge in [-0.2, -0.15) is 0 Å². The van der Waals surface area contributed by atoms with Crippen molar-refractivity contribution >= 4 is 23.3 Å². The van der Waals surface area contributed by atoms with Crippen LogP contribution in [0.2, 0.25) is 0 Å². The van der Waals surface area contributed by atoms with Crippen LogP contribution in [0.3, 0.4) is 0 Å². The fraction of sp³-hybridized carbons (Fsp3) is 0.320. The molecule has 4 rings (SSSR count). The van der Waals surface area contributed by atoms with Gasteiger partial charge in [0.25, 0.3) is 5.78 Å². The van der Waals surface area contributed by atoms with Crippen LogP contribution in [0.1, 0.15) is 39.9 Å². The normalized spacial score (nSPS) is 17.2. The van der Waals surface area contributed by atoms with Crippen LogP contribution in [0.4, 0.5) is 5.82 Å². The van der Waals surface area contributed by atoms with Crippen LogP contribution in [-0.4, -0.2) is 48.3 Å². The number of aromatic amines is 1. The number of H-pyrrole nitrogens is 1. The molecule has 0 aliphatic carbocycles. The zero-order valence-corrected chi connectivity index (χ0v) is 20.6. The lowest BCUT2D eigenvalue weighted by molar-refractivity contribution is -0.132. The van der Waals surface area contributed by atoms with Gasteiger partial charge >= 0.3 is 5.91 Å². The summed E-state index contributed by atoms with van der Waals surface area (Å²) >= 11 is 0. The van der Waals surface area contributed by atoms with E-state index in [0.717, 1.165) is 11.3 Å². The van der Waals surface area contributed by atoms with Crippen molar-refractivity contribution in [3.05, 3.63) is 57.6 Å². The van der Waals surface area contributed by atoms with Crippen LogP contribution >= 0.6 is 0 Å². The molecule has 1 amide bonds. The summed E-state index contributed by atoms with van der Waals surface area (Å²) in [6.45, 7) is 7.17. The number of aryl methyl sites for hydroxylation is 3. The highest BCUT2D eigenvalue weighted by Crippen LogP contribution is 2.47. The molecule has 3 aromatic rings. The minimum Gasteiger partial charge on any atom is -0.507 e. The van der Waals surface area contributed by atoms with Gasteiger partial charge in [0.15, 0.2) is 17.3 Å². The van der Waals surface area contributed by atoms with Gasteiger partial charge in [-0.05, 0) is 51.0 Å². The van der Waals surface area contributed by atoms with Gasteiger partial charge in [-0.3, -0.25) is 14.5 Å². The lowest BCUT2D eigenvalue weighted by atomic mass is 9.93. The van der Waals surface area contributed by atoms with E-state index in [2.05, 4.69) is 10.1 Å². The number of anilines is 1. The highest BCUT2D eigenvalue weighted by Gasteiger charge is 2.49. The third-order valence-electron chi connectivity index (χ3n) is 6.23. The average molecular weight is 482 g/mol. The van der Waals surface area contributed by atoms with Crippen LogP contribution < -0.4 is 19.1 Å². The second-order valence-electron chi connectivity index (χ2n) is 8.30. The van der Waals surface area contributed by atoms with Crippen LogP contribution in [0, 0.1) is 27.7 Å². The monoisotopic (exact) mass is 481 g/mol. The summed E-state index contributed by atoms with van der Waals surface area (Å²) in [5.74, 6) is -0.382. The first-order valence-electron chi connectivity index (χ1n) is 10.8. The molecule has 0 saturated carbocycles. The SMILES string of the molecule is COc1cc(C2/C(=C(\O)c3c(C)[nH]c(C)c3C)C(=O)C(=O)N2c2cc(C)on2)cc(OC)c1OC. The number of nitrogens with one attached hydrogen (secondary N) is 1. The molecule has 0 bridgehead atoms. The van der Waals surface area contributed by atoms with E-state index in [4.69, 9.17) is 18.7 Å². The molecule has 1 saturated heterocycles. The summed E-state index contributed by atoms with van der Waals surface area (Å²) in [5, 5.41) is 15.4. The van der Waals surface area contributed by atoms with E-state index in [1.54, 1.807) is 32.0 Å². The Morgan fingerprint density at radius 2 is 1.63 bits per heavy atom. The number of rotatable bonds is 6. The minimum atomic E-state index is -1.04. The Labute approximate surface area is 202 Å². The van der Waals surface area contributed by atoms with E-state index in [1.165, 1.54) is 26.2 Å². The van der Waals surface area contributed by atoms with E-state index in [9.17, 15) is 14.7 Å². The van der Waals surface area contributed by atoms with Gasteiger partial charge in [-0.1, -0.05) is 5.16 Å². The second kappa shape index (κ2) is 8.86. The Kier molecular flexibility index (Phi) is 6.06. The predicted octanol–water partition coefficient (Wildman–Crippen LogP) is 3.89. The molecule has 1 atom stereocenters. The quantitative estimate of drug-likeness (QED) is 0.308. The maximum Gasteiger partial charge on any atom is 0.301 e. The van der Waals surface area contributed by atoms with Crippen molar-refractivity contribution < 1.29 is 33.4 Å². The molecule has 1 aromatic carbocycles. The third-order valence-corrected chi connectivity index (χ3v) is 6.23. The first-order valence-corrected chi connectivity index (χ1v) is 10.8. The van der Waals surface area contributed by atoms with Crippen molar-refractivity contribution in [2.45, 2.75) is 33.7 Å². The molecule has 0 radical (unpaired) electrons. The molecule has 10 nitrogen and oxygen atoms in total. The number of aliphatic hydroxyl groups excluding tert-OH is 1. The summed E-state index contributed by atoms with van der Waals surface area (Å²) in [5.41, 5.74) is 3.11. The molecule has 0 spiro atoms. The van der Waals surface area contributed by atoms with Gasteiger partial charge in [0, 0.05) is 23.0 Å². The van der Waals surface area contributed by atoms with Crippen molar-refractivity contribution in [2.75, 3.05) is 26.2 Å². The fourth-order valence-electron chi connectivity index (χ4n) is 4.51. The number of aliphatic hydroxyl groups is 1. The number of Topliss-reactive ketones (excluding diaryl/α,β-unsaturated/α-hetero) is 1. The number of ketones is 1. The largest absolute Gasteiger partial charge is 0.507 e. The zero-order valence-electron chi connectivity index (χ0n) is 20.6. The van der Waals surface area contributed by atoms with Gasteiger partial charge in [-0.15, -0.1) is 0 Å². The summed E-state index contributed by atoms with van der Waals surface area (Å²) in [6, 6.07) is 3.77. The van der Waals surface area contributed by atoms with Crippen LogP contribution in [-0.2, 0) is 9.59 Å². The Balaban J connectivity index is 2.05. The Hall–Kier alpha value is -4.21. The topological polar surface area (TPSA) is 127 Å². The molecule has 35 heavy (non-hydrogen) atoms. The first kappa shape index (κ1) is 23.9. The van der Waals surface area contributed by atoms with Crippen molar-refractivity contribution in [1.29, 1.82) is 0 Å². The molecule has 1 unspecified atom stereocenters. The minimum absolute atomic E-state index is 0.0878. The second-order valence-corrected chi connectivity index (χ2v) is 8.30. The molecule has 2 aromatic heterocycles. The Bertz CT molecular complexity index is 1340. The Morgan fingerprint density at radius 3 is 2.09 bits per heavy atom. The fourth-order valence-corrected chi connectivity index (χ4v) is 4.51. The van der Waals surface area contributed by atoms with Gasteiger partial charge in [0.05, 0.1) is 32.9 Å². The molecule has 10 heteroatoms. The number of hydrogen-bond acceptors (Lipinski definition) is 8. The van der Waals surface area contributed by atoms with E-state index >= 15 is 0 Å². The van der Waals surface area contributed by atoms with Crippen LogP contribution in [0.25, 0.3) is 5.76 Å². The van der Waals surface area contributed by atoms with Gasteiger partial charge in [-0.25, -0.2) is 0 Å². The molecule has 184 valence electrons. The highest BCUT2D eigenvalue weighted by atomic mass is 16.5. The highest BCUT2D eigenvalue weighted by molar-refractivity contribution is 6.51. The Morgan fingerprint density at radius 1 is 1.00 bits per heavy atom. The number of carbonyl (C=O) groups is 2. The number of amides is 1. The van der Waals surface area contributed by atoms with E-state index < -0.39 is 17.7 Å². The summed E-state index contributed by atoms with van der Waals surface area (Å²) < 4.78 is 21.6. The van der Waals surface area contributed by atoms with Gasteiger partial charge in [0.2, 0.25) is 5.75 Å². The number of methoxy groups -OCH3 is 3. The molecular weight excluding hydrogens is 454 g/mol. The van der Waals surface area contributed by atoms with Crippen molar-refractivity contribution in [3.8, 4) is 17.2 Å². The number of benzene rings is 1. The molecule has 3 heterocycles. The number of aromatic nitrogens is 2. The molecule has 2 N–H and O–H groups in total. The lowest BCUT2D eigenvalue weighted by Crippen LogP contribution is -2.29. The van der Waals surface area contributed by atoms with Gasteiger partial charge in [0.1, 0.15) is 11.5 Å². The predicted molar refractivity (Wildman–Crippen MR) is 127 cm³/mol. The van der Waals surface area contributed by atoms with E-state index in [0.29, 0.717) is 39.8 Å². The van der Waals surface area contributed by atoms with E-state index in [-0.39, 0.29) is 17.2 Å². The van der Waals surface area contributed by atoms with Crippen molar-refractivity contribution in [1.82, 2.24) is 10.1 Å². The van der Waals surface area contributed by atoms with Crippen molar-refractivity contribution in [3.63, 3.8) is 0 Å². The smallest absolute Gasteiger partial charge is 0.301 e. The third kappa shape index (κ3) is 3.71.